The number of nitrogens with zero attached hydrogens (tertiary/aromatic N) is 2. The van der Waals surface area contributed by atoms with Crippen LogP contribution in [0.4, 0.5) is 21.6 Å². The lowest BCUT2D eigenvalue weighted by molar-refractivity contribution is 0.0727. The van der Waals surface area contributed by atoms with Crippen molar-refractivity contribution < 1.29 is 14.2 Å². The molecule has 0 aliphatic heterocycles. The molecule has 0 saturated carbocycles. The number of nitrogens with one attached hydrogen (secondary N) is 2. The van der Waals surface area contributed by atoms with Gasteiger partial charge >= 0.3 is 0 Å². The van der Waals surface area contributed by atoms with Gasteiger partial charge in [0, 0.05) is 47.9 Å². The van der Waals surface area contributed by atoms with Crippen LogP contribution in [0.25, 0.3) is 21.7 Å². The lowest BCUT2D eigenvalue weighted by atomic mass is 10.1. The number of ether oxygens (including phenoxy) is 1. The summed E-state index contributed by atoms with van der Waals surface area (Å²) >= 11 is 12.4. The van der Waals surface area contributed by atoms with Gasteiger partial charge in [-0.1, -0.05) is 23.2 Å². The van der Waals surface area contributed by atoms with Gasteiger partial charge in [-0.25, -0.2) is 9.37 Å². The molecule has 4 aromatic rings. The van der Waals surface area contributed by atoms with Gasteiger partial charge < -0.3 is 20.5 Å². The van der Waals surface area contributed by atoms with Gasteiger partial charge in [-0.15, -0.1) is 0 Å². The molecule has 0 spiro atoms. The molecule has 6 nitrogen and oxygen atoms in total. The van der Waals surface area contributed by atoms with Gasteiger partial charge in [-0.2, -0.15) is 0 Å². The number of methoxy groups -OCH3 is 1. The molecular weight excluding hydrogens is 442 g/mol. The highest BCUT2D eigenvalue weighted by atomic mass is 35.5. The molecule has 31 heavy (non-hydrogen) atoms. The first-order valence-electron chi connectivity index (χ1n) is 9.46. The van der Waals surface area contributed by atoms with Crippen molar-refractivity contribution in [2.45, 2.75) is 6.10 Å². The Morgan fingerprint density at radius 3 is 2.61 bits per heavy atom. The average Bonchev–Trinajstić information content (AvgIpc) is 2.75. The number of halogens is 3. The first-order chi connectivity index (χ1) is 15.0. The molecule has 160 valence electrons. The second-order valence-corrected chi connectivity index (χ2v) is 7.79. The smallest absolute Gasteiger partial charge is 0.139 e. The normalized spacial score (nSPS) is 12.3. The summed E-state index contributed by atoms with van der Waals surface area (Å²) in [7, 11) is 1.54. The van der Waals surface area contributed by atoms with Crippen molar-refractivity contribution in [2.75, 3.05) is 30.9 Å². The monoisotopic (exact) mass is 460 g/mol. The lowest BCUT2D eigenvalue weighted by Gasteiger charge is -2.15. The van der Waals surface area contributed by atoms with E-state index in [4.69, 9.17) is 32.9 Å². The highest BCUT2D eigenvalue weighted by molar-refractivity contribution is 6.39. The van der Waals surface area contributed by atoms with Crippen molar-refractivity contribution in [3.05, 3.63) is 64.7 Å². The van der Waals surface area contributed by atoms with Crippen LogP contribution in [0.2, 0.25) is 10.0 Å². The van der Waals surface area contributed by atoms with Crippen molar-refractivity contribution in [1.82, 2.24) is 9.97 Å². The van der Waals surface area contributed by atoms with Gasteiger partial charge in [-0.3, -0.25) is 4.98 Å². The molecule has 1 atom stereocenters. The molecule has 1 unspecified atom stereocenters. The van der Waals surface area contributed by atoms with Crippen LogP contribution < -0.4 is 10.6 Å². The van der Waals surface area contributed by atoms with E-state index < -0.39 is 11.9 Å². The fourth-order valence-corrected chi connectivity index (χ4v) is 3.87. The molecule has 3 N–H and O–H groups in total. The van der Waals surface area contributed by atoms with Crippen LogP contribution in [0.15, 0.2) is 48.8 Å². The standard InChI is InChI=1S/C22H19Cl2FN4O2/c1-31-11-14(30)9-27-13-2-3-20-16(8-13)17-10-26-5-4-15(17)22(28-20)29-21-18(23)6-12(25)7-19(21)24/h2-8,10,14,27,30H,9,11H2,1H3,(H,28,29). The van der Waals surface area contributed by atoms with E-state index in [2.05, 4.69) is 15.6 Å². The maximum atomic E-state index is 13.6. The van der Waals surface area contributed by atoms with E-state index in [0.29, 0.717) is 18.1 Å². The second-order valence-electron chi connectivity index (χ2n) is 6.97. The highest BCUT2D eigenvalue weighted by Gasteiger charge is 2.14. The number of hydrogen-bond donors (Lipinski definition) is 3. The van der Waals surface area contributed by atoms with Crippen molar-refractivity contribution >= 4 is 62.1 Å². The minimum Gasteiger partial charge on any atom is -0.389 e. The Morgan fingerprint density at radius 2 is 1.87 bits per heavy atom. The minimum absolute atomic E-state index is 0.156. The van der Waals surface area contributed by atoms with Gasteiger partial charge in [0.05, 0.1) is 34.0 Å². The summed E-state index contributed by atoms with van der Waals surface area (Å²) in [5.74, 6) is 0.00765. The highest BCUT2D eigenvalue weighted by Crippen LogP contribution is 2.37. The van der Waals surface area contributed by atoms with Crippen molar-refractivity contribution in [3.8, 4) is 0 Å². The van der Waals surface area contributed by atoms with Crippen molar-refractivity contribution in [1.29, 1.82) is 0 Å². The lowest BCUT2D eigenvalue weighted by Crippen LogP contribution is -2.24. The van der Waals surface area contributed by atoms with E-state index in [0.717, 1.165) is 27.4 Å². The number of benzene rings is 2. The Bertz CT molecular complexity index is 1230. The largest absolute Gasteiger partial charge is 0.389 e. The van der Waals surface area contributed by atoms with Crippen LogP contribution in [0.1, 0.15) is 0 Å². The van der Waals surface area contributed by atoms with Crippen LogP contribution >= 0.6 is 23.2 Å². The van der Waals surface area contributed by atoms with Crippen LogP contribution in [0.5, 0.6) is 0 Å². The molecule has 0 amide bonds. The fraction of sp³-hybridized carbons (Fsp3) is 0.182. The van der Waals surface area contributed by atoms with E-state index >= 15 is 0 Å². The van der Waals surface area contributed by atoms with Crippen LogP contribution in [-0.2, 0) is 4.74 Å². The van der Waals surface area contributed by atoms with Crippen LogP contribution in [-0.4, -0.2) is 41.4 Å². The van der Waals surface area contributed by atoms with Gasteiger partial charge in [0.15, 0.2) is 0 Å². The molecule has 0 aliphatic rings. The summed E-state index contributed by atoms with van der Waals surface area (Å²) in [6, 6.07) is 9.91. The van der Waals surface area contributed by atoms with Crippen LogP contribution in [0, 0.1) is 5.82 Å². The number of anilines is 3. The third kappa shape index (κ3) is 4.65. The summed E-state index contributed by atoms with van der Waals surface area (Å²) < 4.78 is 18.5. The molecule has 0 bridgehead atoms. The molecule has 4 rings (SSSR count). The third-order valence-electron chi connectivity index (χ3n) is 4.75. The number of fused-ring (bicyclic) bond motifs is 3. The predicted octanol–water partition coefficient (Wildman–Crippen LogP) is 5.39. The van der Waals surface area contributed by atoms with Crippen molar-refractivity contribution in [2.24, 2.45) is 0 Å². The summed E-state index contributed by atoms with van der Waals surface area (Å²) in [5.41, 5.74) is 1.93. The number of aromatic nitrogens is 2. The zero-order valence-electron chi connectivity index (χ0n) is 16.5. The number of aliphatic hydroxyl groups is 1. The summed E-state index contributed by atoms with van der Waals surface area (Å²) in [6.45, 7) is 0.600. The Balaban J connectivity index is 1.75. The quantitative estimate of drug-likeness (QED) is 0.320. The number of pyridine rings is 2. The average molecular weight is 461 g/mol. The van der Waals surface area contributed by atoms with E-state index in [1.165, 1.54) is 12.1 Å². The molecular formula is C22H19Cl2FN4O2. The van der Waals surface area contributed by atoms with Crippen molar-refractivity contribution in [3.63, 3.8) is 0 Å². The topological polar surface area (TPSA) is 79.3 Å². The first-order valence-corrected chi connectivity index (χ1v) is 10.2. The Morgan fingerprint density at radius 1 is 1.10 bits per heavy atom. The predicted molar refractivity (Wildman–Crippen MR) is 123 cm³/mol. The summed E-state index contributed by atoms with van der Waals surface area (Å²) in [5, 5.41) is 19.1. The molecule has 0 fully saturated rings. The molecule has 0 radical (unpaired) electrons. The third-order valence-corrected chi connectivity index (χ3v) is 5.34. The maximum Gasteiger partial charge on any atom is 0.139 e. The summed E-state index contributed by atoms with van der Waals surface area (Å²) in [6.07, 6.45) is 2.80. The maximum absolute atomic E-state index is 13.6. The Kier molecular flexibility index (Phi) is 6.38. The molecule has 0 aliphatic carbocycles. The van der Waals surface area contributed by atoms with E-state index in [-0.39, 0.29) is 16.7 Å². The molecule has 9 heteroatoms. The van der Waals surface area contributed by atoms with E-state index in [1.807, 2.05) is 24.3 Å². The molecule has 0 saturated heterocycles. The fourth-order valence-electron chi connectivity index (χ4n) is 3.32. The zero-order chi connectivity index (χ0) is 22.0. The Labute approximate surface area is 188 Å². The SMILES string of the molecule is COCC(O)CNc1ccc2nc(Nc3c(Cl)cc(F)cc3Cl)c3ccncc3c2c1. The second kappa shape index (κ2) is 9.20. The first kappa shape index (κ1) is 21.5. The van der Waals surface area contributed by atoms with Gasteiger partial charge in [-0.05, 0) is 36.4 Å². The minimum atomic E-state index is -0.617. The van der Waals surface area contributed by atoms with Gasteiger partial charge in [0.25, 0.3) is 0 Å². The summed E-state index contributed by atoms with van der Waals surface area (Å²) in [4.78, 5) is 8.97. The zero-order valence-corrected chi connectivity index (χ0v) is 18.0. The molecule has 2 aromatic heterocycles. The number of aliphatic hydroxyl groups excluding tert-OH is 1. The molecule has 2 aromatic carbocycles. The number of hydrogen-bond acceptors (Lipinski definition) is 6. The van der Waals surface area contributed by atoms with Gasteiger partial charge in [0.2, 0.25) is 0 Å². The van der Waals surface area contributed by atoms with Gasteiger partial charge in [0.1, 0.15) is 11.6 Å². The molecule has 2 heterocycles. The van der Waals surface area contributed by atoms with Crippen LogP contribution in [0.3, 0.4) is 0 Å². The number of rotatable bonds is 7. The van der Waals surface area contributed by atoms with E-state index in [1.54, 1.807) is 19.5 Å². The van der Waals surface area contributed by atoms with E-state index in [9.17, 15) is 9.50 Å². The Hall–Kier alpha value is -2.71.